The Hall–Kier alpha value is -3.62. The first-order valence-corrected chi connectivity index (χ1v) is 14.3. The van der Waals surface area contributed by atoms with Gasteiger partial charge in [0.05, 0.1) is 6.04 Å². The van der Waals surface area contributed by atoms with Crippen molar-refractivity contribution in [3.05, 3.63) is 64.5 Å². The number of ketones is 1. The lowest BCUT2D eigenvalue weighted by atomic mass is 9.76. The number of aromatic amines is 1. The Morgan fingerprint density at radius 2 is 2.08 bits per heavy atom. The Kier molecular flexibility index (Phi) is 8.04. The van der Waals surface area contributed by atoms with Gasteiger partial charge in [0.1, 0.15) is 0 Å². The quantitative estimate of drug-likeness (QED) is 0.390. The second kappa shape index (κ2) is 11.6. The molecule has 9 nitrogen and oxygen atoms in total. The number of aryl methyl sites for hydroxylation is 1. The summed E-state index contributed by atoms with van der Waals surface area (Å²) in [5.41, 5.74) is 2.37. The number of rotatable bonds is 9. The summed E-state index contributed by atoms with van der Waals surface area (Å²) in [7, 11) is 0. The van der Waals surface area contributed by atoms with Crippen LogP contribution in [0.1, 0.15) is 83.0 Å². The fraction of sp³-hybridized carbons (Fsp3) is 0.533. The molecular formula is C30H39N7O2. The lowest BCUT2D eigenvalue weighted by Gasteiger charge is -2.32. The van der Waals surface area contributed by atoms with Gasteiger partial charge in [-0.3, -0.25) is 18.9 Å². The number of allylic oxidation sites excluding steroid dienone is 1. The molecule has 1 aromatic carbocycles. The molecule has 0 radical (unpaired) electrons. The van der Waals surface area contributed by atoms with Crippen molar-refractivity contribution in [1.82, 2.24) is 29.8 Å². The van der Waals surface area contributed by atoms with Crippen molar-refractivity contribution >= 4 is 12.0 Å². The van der Waals surface area contributed by atoms with Crippen molar-refractivity contribution in [2.24, 2.45) is 16.8 Å². The summed E-state index contributed by atoms with van der Waals surface area (Å²) in [6, 6.07) is 7.75. The second-order valence-corrected chi connectivity index (χ2v) is 11.4. The van der Waals surface area contributed by atoms with Crippen LogP contribution < -0.4 is 5.69 Å². The minimum absolute atomic E-state index is 0.0853. The smallest absolute Gasteiger partial charge is 0.297 e. The van der Waals surface area contributed by atoms with Crippen LogP contribution in [-0.2, 0) is 23.2 Å². The van der Waals surface area contributed by atoms with E-state index in [2.05, 4.69) is 64.6 Å². The van der Waals surface area contributed by atoms with Gasteiger partial charge in [0.15, 0.2) is 11.6 Å². The Balaban J connectivity index is 1.60. The van der Waals surface area contributed by atoms with Crippen LogP contribution in [-0.4, -0.2) is 41.8 Å². The van der Waals surface area contributed by atoms with Crippen LogP contribution in [0, 0.1) is 11.8 Å². The fourth-order valence-electron chi connectivity index (χ4n) is 6.25. The number of carbonyl (C=O) groups excluding carboxylic acids is 1. The number of hydrogen-bond donors (Lipinski definition) is 1. The molecule has 0 bridgehead atoms. The van der Waals surface area contributed by atoms with Gasteiger partial charge in [0, 0.05) is 48.2 Å². The van der Waals surface area contributed by atoms with E-state index >= 15 is 0 Å². The van der Waals surface area contributed by atoms with Gasteiger partial charge in [-0.1, -0.05) is 57.9 Å². The zero-order chi connectivity index (χ0) is 27.4. The van der Waals surface area contributed by atoms with Crippen LogP contribution in [0.15, 0.2) is 52.5 Å². The SMILES string of the molecule is CCCCc1cn(C2C(=O)CCCCC2C(C)C)c(=O)n1CC1(c2cccc(-c3nnn[nH]3)c2)C=CN=CC1. The van der Waals surface area contributed by atoms with Crippen molar-refractivity contribution < 1.29 is 4.79 Å². The van der Waals surface area contributed by atoms with Crippen LogP contribution in [0.4, 0.5) is 0 Å². The van der Waals surface area contributed by atoms with E-state index in [1.807, 2.05) is 35.3 Å². The Bertz CT molecular complexity index is 1400. The van der Waals surface area contributed by atoms with Crippen LogP contribution in [0.2, 0.25) is 0 Å². The molecule has 1 aliphatic heterocycles. The molecule has 3 atom stereocenters. The third-order valence-electron chi connectivity index (χ3n) is 8.51. The van der Waals surface area contributed by atoms with Gasteiger partial charge in [-0.2, -0.15) is 0 Å². The topological polar surface area (TPSA) is 111 Å². The molecule has 1 saturated carbocycles. The van der Waals surface area contributed by atoms with E-state index in [0.717, 1.165) is 55.3 Å². The lowest BCUT2D eigenvalue weighted by Crippen LogP contribution is -2.40. The average molecular weight is 530 g/mol. The maximum absolute atomic E-state index is 14.3. The van der Waals surface area contributed by atoms with Crippen molar-refractivity contribution in [3.8, 4) is 11.4 Å². The highest BCUT2D eigenvalue weighted by Crippen LogP contribution is 2.37. The van der Waals surface area contributed by atoms with Gasteiger partial charge in [0.25, 0.3) is 0 Å². The molecule has 3 aromatic rings. The average Bonchev–Trinajstić information content (AvgIpc) is 3.54. The first-order chi connectivity index (χ1) is 18.9. The predicted molar refractivity (Wildman–Crippen MR) is 152 cm³/mol. The van der Waals surface area contributed by atoms with E-state index < -0.39 is 11.5 Å². The number of tetrazole rings is 1. The second-order valence-electron chi connectivity index (χ2n) is 11.4. The van der Waals surface area contributed by atoms with Crippen molar-refractivity contribution in [2.75, 3.05) is 0 Å². The van der Waals surface area contributed by atoms with E-state index in [1.165, 1.54) is 0 Å². The zero-order valence-corrected chi connectivity index (χ0v) is 23.2. The number of benzene rings is 1. The van der Waals surface area contributed by atoms with Gasteiger partial charge in [-0.05, 0) is 66.0 Å². The first kappa shape index (κ1) is 27.0. The summed E-state index contributed by atoms with van der Waals surface area (Å²) in [6.45, 7) is 6.98. The highest BCUT2D eigenvalue weighted by molar-refractivity contribution is 5.83. The van der Waals surface area contributed by atoms with E-state index in [1.54, 1.807) is 4.57 Å². The van der Waals surface area contributed by atoms with Crippen LogP contribution >= 0.6 is 0 Å². The molecule has 1 fully saturated rings. The first-order valence-electron chi connectivity index (χ1n) is 14.3. The monoisotopic (exact) mass is 529 g/mol. The number of imidazole rings is 1. The number of aliphatic imine (C=N–C) groups is 1. The molecule has 206 valence electrons. The highest BCUT2D eigenvalue weighted by Gasteiger charge is 2.37. The molecule has 2 aliphatic rings. The van der Waals surface area contributed by atoms with E-state index in [9.17, 15) is 9.59 Å². The van der Waals surface area contributed by atoms with Gasteiger partial charge in [-0.25, -0.2) is 9.89 Å². The standard InChI is InChI=1S/C30H39N7O2/c1-4-5-11-24-19-36(27-25(21(2)3)12-6-7-13-26(27)38)29(39)37(24)20-30(14-16-31-17-15-30)23-10-8-9-22(18-23)28-32-34-35-33-28/h8-10,14,16-19,21,25,27H,4-7,11-13,15,20H2,1-3H3,(H,32,33,34,35). The molecule has 1 aliphatic carbocycles. The number of nitrogens with one attached hydrogen (secondary N) is 1. The van der Waals surface area contributed by atoms with Gasteiger partial charge in [0.2, 0.25) is 0 Å². The fourth-order valence-corrected chi connectivity index (χ4v) is 6.25. The van der Waals surface area contributed by atoms with E-state index in [4.69, 9.17) is 0 Å². The molecule has 0 spiro atoms. The minimum Gasteiger partial charge on any atom is -0.297 e. The number of H-pyrrole nitrogens is 1. The van der Waals surface area contributed by atoms with Crippen molar-refractivity contribution in [2.45, 2.75) is 90.1 Å². The number of Topliss-reactive ketones (excluding diaryl/α,β-unsaturated/α-hetero) is 1. The molecule has 0 amide bonds. The summed E-state index contributed by atoms with van der Waals surface area (Å²) in [5.74, 6) is 1.28. The minimum atomic E-state index is -0.479. The van der Waals surface area contributed by atoms with Crippen molar-refractivity contribution in [3.63, 3.8) is 0 Å². The number of aromatic nitrogens is 6. The molecule has 3 heterocycles. The molecule has 9 heteroatoms. The summed E-state index contributed by atoms with van der Waals surface area (Å²) in [5, 5.41) is 14.4. The molecular weight excluding hydrogens is 490 g/mol. The summed E-state index contributed by atoms with van der Waals surface area (Å²) in [4.78, 5) is 32.0. The molecule has 39 heavy (non-hydrogen) atoms. The molecule has 3 unspecified atom stereocenters. The van der Waals surface area contributed by atoms with E-state index in [0.29, 0.717) is 31.1 Å². The number of unbranched alkanes of at least 4 members (excludes halogenated alkanes) is 1. The normalized spacial score (nSPS) is 23.4. The molecule has 5 rings (SSSR count). The zero-order valence-electron chi connectivity index (χ0n) is 23.2. The summed E-state index contributed by atoms with van der Waals surface area (Å²) >= 11 is 0. The maximum atomic E-state index is 14.3. The highest BCUT2D eigenvalue weighted by atomic mass is 16.2. The summed E-state index contributed by atoms with van der Waals surface area (Å²) < 4.78 is 3.71. The Morgan fingerprint density at radius 3 is 2.79 bits per heavy atom. The number of carbonyl (C=O) groups is 1. The third kappa shape index (κ3) is 5.44. The maximum Gasteiger partial charge on any atom is 0.329 e. The molecule has 2 aromatic heterocycles. The Morgan fingerprint density at radius 1 is 1.21 bits per heavy atom. The predicted octanol–water partition coefficient (Wildman–Crippen LogP) is 5.06. The van der Waals surface area contributed by atoms with Crippen LogP contribution in [0.3, 0.4) is 0 Å². The van der Waals surface area contributed by atoms with Gasteiger partial charge < -0.3 is 0 Å². The van der Waals surface area contributed by atoms with Crippen molar-refractivity contribution in [1.29, 1.82) is 0 Å². The number of hydrogen-bond acceptors (Lipinski definition) is 6. The molecule has 0 saturated heterocycles. The summed E-state index contributed by atoms with van der Waals surface area (Å²) in [6.07, 6.45) is 14.8. The Labute approximate surface area is 229 Å². The van der Waals surface area contributed by atoms with Gasteiger partial charge in [-0.15, -0.1) is 5.10 Å². The lowest BCUT2D eigenvalue weighted by molar-refractivity contribution is -0.123. The number of nitrogens with zero attached hydrogens (tertiary/aromatic N) is 6. The molecule has 1 N–H and O–H groups in total. The largest absolute Gasteiger partial charge is 0.329 e. The van der Waals surface area contributed by atoms with Crippen LogP contribution in [0.25, 0.3) is 11.4 Å². The van der Waals surface area contributed by atoms with Gasteiger partial charge >= 0.3 is 5.69 Å². The third-order valence-corrected chi connectivity index (χ3v) is 8.51. The van der Waals surface area contributed by atoms with Crippen LogP contribution in [0.5, 0.6) is 0 Å². The van der Waals surface area contributed by atoms with E-state index in [-0.39, 0.29) is 17.4 Å².